The van der Waals surface area contributed by atoms with Crippen LogP contribution in [0.2, 0.25) is 0 Å². The Morgan fingerprint density at radius 1 is 1.08 bits per heavy atom. The Bertz CT molecular complexity index is 529. The monoisotopic (exact) mass is 334 g/mol. The molecular formula is C22H38O2. The topological polar surface area (TPSA) is 40.5 Å². The molecular weight excluding hydrogens is 296 g/mol. The minimum absolute atomic E-state index is 0.279. The Morgan fingerprint density at radius 3 is 1.88 bits per heavy atom. The second-order valence-corrected chi connectivity index (χ2v) is 5.15. The van der Waals surface area contributed by atoms with Gasteiger partial charge in [-0.15, -0.1) is 0 Å². The van der Waals surface area contributed by atoms with Gasteiger partial charge in [0.1, 0.15) is 11.4 Å². The van der Waals surface area contributed by atoms with Crippen LogP contribution in [0.15, 0.2) is 18.7 Å². The van der Waals surface area contributed by atoms with Crippen molar-refractivity contribution >= 4 is 0 Å². The van der Waals surface area contributed by atoms with E-state index in [1.165, 1.54) is 12.5 Å². The summed E-state index contributed by atoms with van der Waals surface area (Å²) in [7, 11) is 0. The van der Waals surface area contributed by atoms with E-state index >= 15 is 0 Å². The van der Waals surface area contributed by atoms with Crippen LogP contribution in [-0.4, -0.2) is 15.8 Å². The Hall–Kier alpha value is -1.72. The summed E-state index contributed by atoms with van der Waals surface area (Å²) in [6.07, 6.45) is 2.65. The first-order valence-corrected chi connectivity index (χ1v) is 8.89. The zero-order chi connectivity index (χ0) is 19.9. The number of aryl methyl sites for hydroxylation is 1. The fourth-order valence-electron chi connectivity index (χ4n) is 1.49. The summed E-state index contributed by atoms with van der Waals surface area (Å²) >= 11 is 0. The van der Waals surface area contributed by atoms with Crippen LogP contribution in [0.25, 0.3) is 0 Å². The highest BCUT2D eigenvalue weighted by Gasteiger charge is 2.11. The van der Waals surface area contributed by atoms with Crippen molar-refractivity contribution in [1.29, 1.82) is 0 Å². The molecule has 0 aromatic heterocycles. The summed E-state index contributed by atoms with van der Waals surface area (Å²) in [6, 6.07) is 1.69. The molecule has 2 nitrogen and oxygen atoms in total. The average molecular weight is 335 g/mol. The molecule has 0 heterocycles. The Kier molecular flexibility index (Phi) is 16.8. The molecule has 1 unspecified atom stereocenters. The number of hydrogen-bond donors (Lipinski definition) is 2. The van der Waals surface area contributed by atoms with E-state index in [4.69, 9.17) is 0 Å². The van der Waals surface area contributed by atoms with Crippen molar-refractivity contribution in [3.63, 3.8) is 0 Å². The Morgan fingerprint density at radius 2 is 1.50 bits per heavy atom. The van der Waals surface area contributed by atoms with Gasteiger partial charge in [-0.05, 0) is 56.5 Å². The number of phenols is 1. The second kappa shape index (κ2) is 14.8. The van der Waals surface area contributed by atoms with Crippen LogP contribution < -0.4 is 0 Å². The first-order chi connectivity index (χ1) is 11.2. The minimum atomic E-state index is -1.19. The molecule has 0 fully saturated rings. The molecule has 2 N–H and O–H groups in total. The van der Waals surface area contributed by atoms with Gasteiger partial charge < -0.3 is 10.2 Å². The molecule has 0 aliphatic carbocycles. The maximum Gasteiger partial charge on any atom is 0.141 e. The summed E-state index contributed by atoms with van der Waals surface area (Å²) < 4.78 is 0. The maximum absolute atomic E-state index is 9.75. The van der Waals surface area contributed by atoms with Crippen LogP contribution in [0.3, 0.4) is 0 Å². The molecule has 0 radical (unpaired) electrons. The zero-order valence-electron chi connectivity index (χ0n) is 17.5. The summed E-state index contributed by atoms with van der Waals surface area (Å²) in [6.45, 7) is 23.0. The molecule has 138 valence electrons. The predicted molar refractivity (Wildman–Crippen MR) is 109 cm³/mol. The highest BCUT2D eigenvalue weighted by atomic mass is 16.3. The van der Waals surface area contributed by atoms with Crippen molar-refractivity contribution < 1.29 is 10.2 Å². The van der Waals surface area contributed by atoms with E-state index in [1.54, 1.807) is 13.0 Å². The van der Waals surface area contributed by atoms with Gasteiger partial charge in [0, 0.05) is 5.56 Å². The smallest absolute Gasteiger partial charge is 0.141 e. The van der Waals surface area contributed by atoms with E-state index in [1.807, 2.05) is 48.5 Å². The highest BCUT2D eigenvalue weighted by molar-refractivity contribution is 5.55. The third-order valence-corrected chi connectivity index (χ3v) is 2.91. The highest BCUT2D eigenvalue weighted by Crippen LogP contribution is 2.25. The molecule has 0 bridgehead atoms. The summed E-state index contributed by atoms with van der Waals surface area (Å²) in [5.74, 6) is 6.00. The average Bonchev–Trinajstić information content (AvgIpc) is 2.57. The molecule has 0 amide bonds. The van der Waals surface area contributed by atoms with E-state index in [0.717, 1.165) is 22.3 Å². The predicted octanol–water partition coefficient (Wildman–Crippen LogP) is 6.07. The lowest BCUT2D eigenvalue weighted by Gasteiger charge is -2.11. The van der Waals surface area contributed by atoms with Gasteiger partial charge in [0.05, 0.1) is 0 Å². The van der Waals surface area contributed by atoms with Crippen LogP contribution in [0.5, 0.6) is 5.75 Å². The first kappa shape index (κ1) is 27.1. The largest absolute Gasteiger partial charge is 0.508 e. The Labute approximate surface area is 150 Å². The van der Waals surface area contributed by atoms with Gasteiger partial charge in [-0.2, -0.15) is 0 Å². The van der Waals surface area contributed by atoms with Crippen molar-refractivity contribution in [2.75, 3.05) is 0 Å². The molecule has 0 saturated heterocycles. The van der Waals surface area contributed by atoms with Gasteiger partial charge in [-0.3, -0.25) is 0 Å². The van der Waals surface area contributed by atoms with E-state index in [-0.39, 0.29) is 5.75 Å². The third kappa shape index (κ3) is 10.1. The van der Waals surface area contributed by atoms with Crippen molar-refractivity contribution in [1.82, 2.24) is 0 Å². The standard InChI is InChI=1S/C15H18O2.C3H8.2C2H6/c1-6-15(5,17)8-7-13-10(2)9-14(16)12(4)11(13)3;1-3-2;2*1-2/h6,9,16-17H,1H2,2-5H3;3H2,1-2H3;2*1-2H3. The number of aromatic hydroxyl groups is 1. The number of rotatable bonds is 1. The number of hydrogen-bond acceptors (Lipinski definition) is 2. The van der Waals surface area contributed by atoms with Crippen LogP contribution in [0.1, 0.15) is 77.1 Å². The molecule has 0 saturated carbocycles. The molecule has 0 aliphatic heterocycles. The zero-order valence-corrected chi connectivity index (χ0v) is 17.5. The van der Waals surface area contributed by atoms with Crippen LogP contribution in [-0.2, 0) is 0 Å². The van der Waals surface area contributed by atoms with E-state index in [9.17, 15) is 10.2 Å². The summed E-state index contributed by atoms with van der Waals surface area (Å²) in [5, 5.41) is 19.4. The van der Waals surface area contributed by atoms with Crippen LogP contribution >= 0.6 is 0 Å². The van der Waals surface area contributed by atoms with Gasteiger partial charge in [-0.25, -0.2) is 0 Å². The normalized spacial score (nSPS) is 10.8. The second-order valence-electron chi connectivity index (χ2n) is 5.15. The minimum Gasteiger partial charge on any atom is -0.508 e. The molecule has 0 spiro atoms. The number of phenolic OH excluding ortho intramolecular Hbond substituents is 1. The lowest BCUT2D eigenvalue weighted by Crippen LogP contribution is -2.16. The van der Waals surface area contributed by atoms with Gasteiger partial charge in [0.2, 0.25) is 0 Å². The lowest BCUT2D eigenvalue weighted by atomic mass is 9.97. The van der Waals surface area contributed by atoms with Crippen molar-refractivity contribution in [2.45, 2.75) is 81.3 Å². The van der Waals surface area contributed by atoms with E-state index < -0.39 is 5.60 Å². The SMILES string of the molecule is C=CC(C)(O)C#Cc1c(C)cc(O)c(C)c1C.CC.CC.CCC. The van der Waals surface area contributed by atoms with Crippen molar-refractivity contribution in [3.05, 3.63) is 41.0 Å². The number of benzene rings is 1. The number of aliphatic hydroxyl groups is 1. The fraction of sp³-hybridized carbons (Fsp3) is 0.545. The third-order valence-electron chi connectivity index (χ3n) is 2.91. The lowest BCUT2D eigenvalue weighted by molar-refractivity contribution is 0.175. The molecule has 2 heteroatoms. The van der Waals surface area contributed by atoms with E-state index in [0.29, 0.717) is 0 Å². The van der Waals surface area contributed by atoms with Crippen LogP contribution in [0.4, 0.5) is 0 Å². The summed E-state index contributed by atoms with van der Waals surface area (Å²) in [5.41, 5.74) is 2.32. The molecule has 1 atom stereocenters. The van der Waals surface area contributed by atoms with Crippen molar-refractivity contribution in [3.8, 4) is 17.6 Å². The summed E-state index contributed by atoms with van der Waals surface area (Å²) in [4.78, 5) is 0. The molecule has 1 aromatic carbocycles. The quantitative estimate of drug-likeness (QED) is 0.483. The molecule has 1 rings (SSSR count). The van der Waals surface area contributed by atoms with Gasteiger partial charge in [0.15, 0.2) is 0 Å². The molecule has 24 heavy (non-hydrogen) atoms. The van der Waals surface area contributed by atoms with E-state index in [2.05, 4.69) is 32.3 Å². The fourth-order valence-corrected chi connectivity index (χ4v) is 1.49. The van der Waals surface area contributed by atoms with Crippen LogP contribution in [0, 0.1) is 32.6 Å². The van der Waals surface area contributed by atoms with Gasteiger partial charge in [0.25, 0.3) is 0 Å². The molecule has 1 aromatic rings. The maximum atomic E-state index is 9.75. The van der Waals surface area contributed by atoms with Gasteiger partial charge in [-0.1, -0.05) is 66.4 Å². The first-order valence-electron chi connectivity index (χ1n) is 8.89. The van der Waals surface area contributed by atoms with Gasteiger partial charge >= 0.3 is 0 Å². The van der Waals surface area contributed by atoms with Crippen molar-refractivity contribution in [2.24, 2.45) is 0 Å². The molecule has 0 aliphatic rings. The Balaban J connectivity index is -0.000000549.